The third-order valence-electron chi connectivity index (χ3n) is 2.93. The van der Waals surface area contributed by atoms with E-state index in [-0.39, 0.29) is 6.04 Å². The van der Waals surface area contributed by atoms with E-state index in [0.29, 0.717) is 0 Å². The van der Waals surface area contributed by atoms with E-state index in [2.05, 4.69) is 42.4 Å². The number of nitrogens with two attached hydrogens (primary N) is 1. The van der Waals surface area contributed by atoms with Gasteiger partial charge in [-0.05, 0) is 37.1 Å². The van der Waals surface area contributed by atoms with Crippen LogP contribution in [0.15, 0.2) is 40.3 Å². The van der Waals surface area contributed by atoms with Crippen LogP contribution in [0.4, 0.5) is 0 Å². The van der Waals surface area contributed by atoms with Crippen molar-refractivity contribution >= 4 is 11.8 Å². The second-order valence-electron chi connectivity index (χ2n) is 4.43. The number of hydrogen-bond donors (Lipinski definition) is 1. The van der Waals surface area contributed by atoms with E-state index >= 15 is 0 Å². The van der Waals surface area contributed by atoms with E-state index in [4.69, 9.17) is 5.73 Å². The third kappa shape index (κ3) is 2.94. The second-order valence-corrected chi connectivity index (χ2v) is 5.53. The van der Waals surface area contributed by atoms with E-state index in [1.165, 1.54) is 10.5 Å². The van der Waals surface area contributed by atoms with Gasteiger partial charge in [0.15, 0.2) is 0 Å². The molecule has 0 unspecified atom stereocenters. The molecule has 3 nitrogen and oxygen atoms in total. The van der Waals surface area contributed by atoms with Gasteiger partial charge in [0.1, 0.15) is 0 Å². The van der Waals surface area contributed by atoms with Gasteiger partial charge in [0, 0.05) is 18.0 Å². The summed E-state index contributed by atoms with van der Waals surface area (Å²) in [5.74, 6) is 0. The van der Waals surface area contributed by atoms with Gasteiger partial charge < -0.3 is 5.73 Å². The van der Waals surface area contributed by atoms with Gasteiger partial charge in [0.05, 0.1) is 10.7 Å². The molecule has 0 radical (unpaired) electrons. The average Bonchev–Trinajstić information content (AvgIpc) is 2.68. The number of aromatic nitrogens is 2. The fourth-order valence-electron chi connectivity index (χ4n) is 1.82. The van der Waals surface area contributed by atoms with E-state index in [0.717, 1.165) is 17.1 Å². The zero-order valence-electron chi connectivity index (χ0n) is 11.1. The third-order valence-corrected chi connectivity index (χ3v) is 4.03. The second kappa shape index (κ2) is 5.59. The summed E-state index contributed by atoms with van der Waals surface area (Å²) in [6.45, 7) is 4.11. The first kappa shape index (κ1) is 13.2. The van der Waals surface area contributed by atoms with Gasteiger partial charge in [0.2, 0.25) is 0 Å². The van der Waals surface area contributed by atoms with Gasteiger partial charge in [-0.25, -0.2) is 0 Å². The van der Waals surface area contributed by atoms with Crippen LogP contribution in [0.5, 0.6) is 0 Å². The van der Waals surface area contributed by atoms with Crippen molar-refractivity contribution in [2.45, 2.75) is 36.2 Å². The highest BCUT2D eigenvalue weighted by Gasteiger charge is 2.06. The molecule has 2 N–H and O–H groups in total. The summed E-state index contributed by atoms with van der Waals surface area (Å²) in [5, 5.41) is 5.49. The predicted octanol–water partition coefficient (Wildman–Crippen LogP) is 3.29. The molecule has 18 heavy (non-hydrogen) atoms. The van der Waals surface area contributed by atoms with Crippen LogP contribution < -0.4 is 5.73 Å². The van der Waals surface area contributed by atoms with Crippen LogP contribution in [0.2, 0.25) is 0 Å². The molecule has 1 aromatic carbocycles. The Morgan fingerprint density at radius 2 is 2.00 bits per heavy atom. The highest BCUT2D eigenvalue weighted by Crippen LogP contribution is 2.28. The number of benzene rings is 1. The molecule has 0 amide bonds. The Morgan fingerprint density at radius 3 is 2.50 bits per heavy atom. The molecule has 0 fully saturated rings. The van der Waals surface area contributed by atoms with Crippen molar-refractivity contribution < 1.29 is 0 Å². The Balaban J connectivity index is 2.13. The molecule has 4 heteroatoms. The highest BCUT2D eigenvalue weighted by atomic mass is 32.2. The van der Waals surface area contributed by atoms with Gasteiger partial charge in [-0.15, -0.1) is 0 Å². The quantitative estimate of drug-likeness (QED) is 0.918. The topological polar surface area (TPSA) is 43.8 Å². The van der Waals surface area contributed by atoms with E-state index in [1.54, 1.807) is 11.8 Å². The minimum atomic E-state index is 0.142. The van der Waals surface area contributed by atoms with Gasteiger partial charge in [0.25, 0.3) is 0 Å². The molecule has 1 atom stereocenters. The normalized spacial score (nSPS) is 12.7. The lowest BCUT2D eigenvalue weighted by molar-refractivity contribution is 0.692. The lowest BCUT2D eigenvalue weighted by atomic mass is 10.1. The van der Waals surface area contributed by atoms with Crippen LogP contribution in [0.3, 0.4) is 0 Å². The molecule has 0 saturated heterocycles. The maximum atomic E-state index is 6.00. The number of hydrogen-bond acceptors (Lipinski definition) is 3. The monoisotopic (exact) mass is 261 g/mol. The van der Waals surface area contributed by atoms with Crippen molar-refractivity contribution in [3.63, 3.8) is 0 Å². The first-order valence-electron chi connectivity index (χ1n) is 6.14. The predicted molar refractivity (Wildman–Crippen MR) is 75.7 cm³/mol. The van der Waals surface area contributed by atoms with Crippen molar-refractivity contribution in [1.82, 2.24) is 9.78 Å². The standard InChI is InChI=1S/C14H19N3S/c1-4-13(15)11-5-7-12(8-6-11)18-14-9-10(2)16-17(14)3/h5-9,13H,4,15H2,1-3H3/t13-/m0/s1. The van der Waals surface area contributed by atoms with Crippen LogP contribution in [0.25, 0.3) is 0 Å². The smallest absolute Gasteiger partial charge is 0.0986 e. The summed E-state index contributed by atoms with van der Waals surface area (Å²) in [5.41, 5.74) is 8.25. The molecule has 96 valence electrons. The van der Waals surface area contributed by atoms with E-state index in [1.807, 2.05) is 18.7 Å². The lowest BCUT2D eigenvalue weighted by Gasteiger charge is -2.09. The number of nitrogens with zero attached hydrogens (tertiary/aromatic N) is 2. The van der Waals surface area contributed by atoms with Crippen molar-refractivity contribution in [1.29, 1.82) is 0 Å². The molecule has 0 saturated carbocycles. The molecular weight excluding hydrogens is 242 g/mol. The van der Waals surface area contributed by atoms with Crippen LogP contribution in [-0.4, -0.2) is 9.78 Å². The Bertz CT molecular complexity index is 516. The van der Waals surface area contributed by atoms with Crippen molar-refractivity contribution in [3.05, 3.63) is 41.6 Å². The van der Waals surface area contributed by atoms with Gasteiger partial charge in [-0.1, -0.05) is 30.8 Å². The van der Waals surface area contributed by atoms with Crippen LogP contribution >= 0.6 is 11.8 Å². The Hall–Kier alpha value is -1.26. The number of aryl methyl sites for hydroxylation is 2. The summed E-state index contributed by atoms with van der Waals surface area (Å²) in [6.07, 6.45) is 0.966. The molecule has 2 aromatic rings. The summed E-state index contributed by atoms with van der Waals surface area (Å²) in [7, 11) is 1.97. The minimum absolute atomic E-state index is 0.142. The van der Waals surface area contributed by atoms with Gasteiger partial charge in [-0.2, -0.15) is 5.10 Å². The molecule has 0 aliphatic heterocycles. The summed E-state index contributed by atoms with van der Waals surface area (Å²) < 4.78 is 1.91. The molecule has 1 aromatic heterocycles. The van der Waals surface area contributed by atoms with Crippen LogP contribution in [-0.2, 0) is 7.05 Å². The summed E-state index contributed by atoms with van der Waals surface area (Å²) in [4.78, 5) is 1.21. The van der Waals surface area contributed by atoms with Crippen LogP contribution in [0.1, 0.15) is 30.6 Å². The molecule has 1 heterocycles. The summed E-state index contributed by atoms with van der Waals surface area (Å²) in [6, 6.07) is 10.7. The molecule has 2 rings (SSSR count). The van der Waals surface area contributed by atoms with Crippen LogP contribution in [0, 0.1) is 6.92 Å². The van der Waals surface area contributed by atoms with Crippen molar-refractivity contribution in [2.75, 3.05) is 0 Å². The minimum Gasteiger partial charge on any atom is -0.324 e. The first-order valence-corrected chi connectivity index (χ1v) is 6.96. The zero-order valence-corrected chi connectivity index (χ0v) is 11.9. The number of rotatable bonds is 4. The lowest BCUT2D eigenvalue weighted by Crippen LogP contribution is -2.07. The SMILES string of the molecule is CC[C@H](N)c1ccc(Sc2cc(C)nn2C)cc1. The largest absolute Gasteiger partial charge is 0.324 e. The van der Waals surface area contributed by atoms with Gasteiger partial charge in [-0.3, -0.25) is 4.68 Å². The molecule has 0 spiro atoms. The zero-order chi connectivity index (χ0) is 13.1. The van der Waals surface area contributed by atoms with E-state index < -0.39 is 0 Å². The fraction of sp³-hybridized carbons (Fsp3) is 0.357. The molecule has 0 bridgehead atoms. The fourth-order valence-corrected chi connectivity index (χ4v) is 2.74. The highest BCUT2D eigenvalue weighted by molar-refractivity contribution is 7.99. The maximum Gasteiger partial charge on any atom is 0.0986 e. The Kier molecular flexibility index (Phi) is 4.09. The molecule has 0 aliphatic carbocycles. The van der Waals surface area contributed by atoms with Crippen molar-refractivity contribution in [2.24, 2.45) is 12.8 Å². The van der Waals surface area contributed by atoms with E-state index in [9.17, 15) is 0 Å². The van der Waals surface area contributed by atoms with Gasteiger partial charge >= 0.3 is 0 Å². The molecular formula is C14H19N3S. The first-order chi connectivity index (χ1) is 8.60. The summed E-state index contributed by atoms with van der Waals surface area (Å²) >= 11 is 1.72. The Labute approximate surface area is 112 Å². The average molecular weight is 261 g/mol. The molecule has 0 aliphatic rings. The Morgan fingerprint density at radius 1 is 1.33 bits per heavy atom. The van der Waals surface area contributed by atoms with Crippen molar-refractivity contribution in [3.8, 4) is 0 Å². The maximum absolute atomic E-state index is 6.00.